The normalized spacial score (nSPS) is 23.4. The number of nitrogens with zero attached hydrogens (tertiary/aromatic N) is 6. The minimum absolute atomic E-state index is 0.0547. The summed E-state index contributed by atoms with van der Waals surface area (Å²) in [5.74, 6) is -1.61. The topological polar surface area (TPSA) is 76.4 Å². The summed E-state index contributed by atoms with van der Waals surface area (Å²) in [4.78, 5) is 20.0. The second-order valence-corrected chi connectivity index (χ2v) is 12.3. The van der Waals surface area contributed by atoms with Gasteiger partial charge in [-0.15, -0.1) is 10.2 Å². The number of benzene rings is 2. The number of ether oxygens (including phenoxy) is 1. The van der Waals surface area contributed by atoms with Crippen LogP contribution in [-0.2, 0) is 9.53 Å². The molecular weight excluding hydrogens is 562 g/mol. The van der Waals surface area contributed by atoms with Crippen LogP contribution < -0.4 is 0 Å². The molecule has 3 atom stereocenters. The van der Waals surface area contributed by atoms with Crippen LogP contribution in [0.5, 0.6) is 0 Å². The van der Waals surface area contributed by atoms with E-state index in [4.69, 9.17) is 16.3 Å². The van der Waals surface area contributed by atoms with Crippen LogP contribution in [0.1, 0.15) is 72.7 Å². The summed E-state index contributed by atoms with van der Waals surface area (Å²) in [5.41, 5.74) is 3.67. The smallest absolute Gasteiger partial charge is 0.227 e. The molecule has 3 saturated heterocycles. The van der Waals surface area contributed by atoms with Crippen molar-refractivity contribution in [3.05, 3.63) is 75.6 Å². The molecule has 3 aliphatic heterocycles. The number of carbonyl (C=O) groups is 1. The van der Waals surface area contributed by atoms with E-state index in [0.717, 1.165) is 48.4 Å². The van der Waals surface area contributed by atoms with Gasteiger partial charge in [0, 0.05) is 62.4 Å². The number of hydrogen-bond donors (Lipinski definition) is 0. The van der Waals surface area contributed by atoms with Gasteiger partial charge in [-0.1, -0.05) is 23.7 Å². The number of likely N-dealkylation sites (tertiary alicyclic amines) is 2. The van der Waals surface area contributed by atoms with Crippen molar-refractivity contribution in [1.82, 2.24) is 30.0 Å². The summed E-state index contributed by atoms with van der Waals surface area (Å²) in [5, 5.41) is 12.9. The fourth-order valence-corrected chi connectivity index (χ4v) is 7.28. The highest BCUT2D eigenvalue weighted by molar-refractivity contribution is 6.31. The van der Waals surface area contributed by atoms with Gasteiger partial charge >= 0.3 is 0 Å². The van der Waals surface area contributed by atoms with Crippen LogP contribution in [0.3, 0.4) is 0 Å². The molecule has 0 spiro atoms. The second-order valence-electron chi connectivity index (χ2n) is 11.9. The number of piperidine rings is 1. The highest BCUT2D eigenvalue weighted by atomic mass is 35.5. The van der Waals surface area contributed by atoms with Crippen molar-refractivity contribution < 1.29 is 18.3 Å². The van der Waals surface area contributed by atoms with Gasteiger partial charge in [0.2, 0.25) is 5.91 Å². The van der Waals surface area contributed by atoms with Gasteiger partial charge in [-0.05, 0) is 85.0 Å². The van der Waals surface area contributed by atoms with Gasteiger partial charge in [0.25, 0.3) is 0 Å². The van der Waals surface area contributed by atoms with Gasteiger partial charge < -0.3 is 9.64 Å². The van der Waals surface area contributed by atoms with Gasteiger partial charge in [0.05, 0.1) is 12.0 Å². The number of halogens is 3. The Morgan fingerprint density at radius 2 is 1.81 bits per heavy atom. The van der Waals surface area contributed by atoms with Crippen LogP contribution in [-0.4, -0.2) is 81.3 Å². The zero-order valence-electron chi connectivity index (χ0n) is 24.1. The number of rotatable bonds is 6. The van der Waals surface area contributed by atoms with E-state index < -0.39 is 11.6 Å². The first kappa shape index (κ1) is 29.1. The largest absolute Gasteiger partial charge is 0.381 e. The summed E-state index contributed by atoms with van der Waals surface area (Å²) < 4.78 is 34.4. The maximum Gasteiger partial charge on any atom is 0.227 e. The summed E-state index contributed by atoms with van der Waals surface area (Å²) in [6.07, 6.45) is 4.81. The van der Waals surface area contributed by atoms with Crippen molar-refractivity contribution in [2.24, 2.45) is 5.92 Å². The maximum absolute atomic E-state index is 15.0. The quantitative estimate of drug-likeness (QED) is 0.392. The molecule has 1 unspecified atom stereocenters. The van der Waals surface area contributed by atoms with Crippen molar-refractivity contribution in [2.75, 3.05) is 39.4 Å². The number of tetrazole rings is 1. The van der Waals surface area contributed by atoms with E-state index in [9.17, 15) is 9.18 Å². The highest BCUT2D eigenvalue weighted by Gasteiger charge is 2.44. The molecule has 8 nitrogen and oxygen atoms in total. The SMILES string of the molecule is Cc1cc([C@@H](C)n2ncnn2)c(C2CCN(C(=O)C3CN(C4CCOCC4)C[C@H]3c3ccc(F)cc3F)CC2)cc1Cl. The Labute approximate surface area is 250 Å². The molecule has 0 saturated carbocycles. The van der Waals surface area contributed by atoms with E-state index in [1.165, 1.54) is 18.5 Å². The Morgan fingerprint density at radius 3 is 2.50 bits per heavy atom. The van der Waals surface area contributed by atoms with Crippen molar-refractivity contribution >= 4 is 17.5 Å². The number of amides is 1. The third-order valence-electron chi connectivity index (χ3n) is 9.51. The highest BCUT2D eigenvalue weighted by Crippen LogP contribution is 2.40. The molecular formula is C31H37ClF2N6O2. The van der Waals surface area contributed by atoms with Gasteiger partial charge in [-0.2, -0.15) is 4.80 Å². The molecule has 2 aromatic carbocycles. The average Bonchev–Trinajstić information content (AvgIpc) is 3.70. The molecule has 224 valence electrons. The molecule has 0 aliphatic carbocycles. The van der Waals surface area contributed by atoms with Crippen molar-refractivity contribution in [3.8, 4) is 0 Å². The number of aromatic nitrogens is 4. The average molecular weight is 599 g/mol. The zero-order valence-corrected chi connectivity index (χ0v) is 24.8. The Hall–Kier alpha value is -2.95. The molecule has 6 rings (SSSR count). The summed E-state index contributed by atoms with van der Waals surface area (Å²) in [6.45, 7) is 7.80. The van der Waals surface area contributed by atoms with Gasteiger partial charge in [-0.25, -0.2) is 8.78 Å². The van der Waals surface area contributed by atoms with Crippen LogP contribution in [0, 0.1) is 24.5 Å². The van der Waals surface area contributed by atoms with E-state index in [-0.39, 0.29) is 29.7 Å². The maximum atomic E-state index is 15.0. The number of hydrogen-bond acceptors (Lipinski definition) is 6. The Kier molecular flexibility index (Phi) is 8.56. The first-order chi connectivity index (χ1) is 20.3. The minimum atomic E-state index is -0.607. The Balaban J connectivity index is 1.20. The summed E-state index contributed by atoms with van der Waals surface area (Å²) >= 11 is 6.59. The minimum Gasteiger partial charge on any atom is -0.381 e. The molecule has 0 bridgehead atoms. The molecule has 1 aromatic heterocycles. The Morgan fingerprint density at radius 1 is 1.05 bits per heavy atom. The fraction of sp³-hybridized carbons (Fsp3) is 0.548. The molecule has 42 heavy (non-hydrogen) atoms. The van der Waals surface area contributed by atoms with Crippen LogP contribution in [0.15, 0.2) is 36.7 Å². The number of carbonyl (C=O) groups excluding carboxylic acids is 1. The van der Waals surface area contributed by atoms with E-state index in [2.05, 4.69) is 32.4 Å². The Bertz CT molecular complexity index is 1410. The van der Waals surface area contributed by atoms with E-state index in [0.29, 0.717) is 56.0 Å². The van der Waals surface area contributed by atoms with E-state index in [1.54, 1.807) is 4.80 Å². The molecule has 3 aromatic rings. The van der Waals surface area contributed by atoms with Crippen molar-refractivity contribution in [1.29, 1.82) is 0 Å². The molecule has 3 aliphatic rings. The van der Waals surface area contributed by atoms with Crippen LogP contribution in [0.25, 0.3) is 0 Å². The van der Waals surface area contributed by atoms with Gasteiger partial charge in [0.15, 0.2) is 6.33 Å². The van der Waals surface area contributed by atoms with E-state index in [1.807, 2.05) is 18.7 Å². The lowest BCUT2D eigenvalue weighted by Crippen LogP contribution is -2.44. The first-order valence-electron chi connectivity index (χ1n) is 14.9. The fourth-order valence-electron chi connectivity index (χ4n) is 7.11. The molecule has 3 fully saturated rings. The summed E-state index contributed by atoms with van der Waals surface area (Å²) in [7, 11) is 0. The van der Waals surface area contributed by atoms with Gasteiger partial charge in [-0.3, -0.25) is 9.69 Å². The standard InChI is InChI=1S/C31H37ClF2N6O2/c1-19-13-25(20(2)40-36-18-35-37-40)26(15-29(19)32)21-5-9-38(10-6-21)31(41)28-17-39(23-7-11-42-12-8-23)16-27(28)24-4-3-22(33)14-30(24)34/h3-4,13-15,18,20-21,23,27-28H,5-12,16-17H2,1-2H3/t20-,27+,28?/m1/s1. The third-order valence-corrected chi connectivity index (χ3v) is 9.91. The lowest BCUT2D eigenvalue weighted by Gasteiger charge is -2.36. The first-order valence-corrected chi connectivity index (χ1v) is 15.3. The van der Waals surface area contributed by atoms with E-state index >= 15 is 4.39 Å². The zero-order chi connectivity index (χ0) is 29.4. The van der Waals surface area contributed by atoms with Crippen LogP contribution >= 0.6 is 11.6 Å². The monoisotopic (exact) mass is 598 g/mol. The molecule has 11 heteroatoms. The molecule has 1 amide bonds. The molecule has 0 radical (unpaired) electrons. The van der Waals surface area contributed by atoms with Crippen molar-refractivity contribution in [2.45, 2.75) is 63.5 Å². The molecule has 4 heterocycles. The molecule has 0 N–H and O–H groups in total. The second kappa shape index (κ2) is 12.3. The van der Waals surface area contributed by atoms with Gasteiger partial charge in [0.1, 0.15) is 11.6 Å². The predicted molar refractivity (Wildman–Crippen MR) is 154 cm³/mol. The third kappa shape index (κ3) is 5.81. The lowest BCUT2D eigenvalue weighted by atomic mass is 9.83. The lowest BCUT2D eigenvalue weighted by molar-refractivity contribution is -0.136. The predicted octanol–water partition coefficient (Wildman–Crippen LogP) is 5.12. The van der Waals surface area contributed by atoms with Crippen LogP contribution in [0.2, 0.25) is 5.02 Å². The van der Waals surface area contributed by atoms with Crippen molar-refractivity contribution in [3.63, 3.8) is 0 Å². The number of aryl methyl sites for hydroxylation is 1. The summed E-state index contributed by atoms with van der Waals surface area (Å²) in [6, 6.07) is 8.09. The van der Waals surface area contributed by atoms with Crippen LogP contribution in [0.4, 0.5) is 8.78 Å².